The van der Waals surface area contributed by atoms with Gasteiger partial charge in [-0.3, -0.25) is 9.78 Å². The first-order valence-corrected chi connectivity index (χ1v) is 18.8. The van der Waals surface area contributed by atoms with E-state index < -0.39 is 12.1 Å². The molecule has 2 heterocycles. The highest BCUT2D eigenvalue weighted by atomic mass is 32.1. The Morgan fingerprint density at radius 3 is 2.04 bits per heavy atom. The van der Waals surface area contributed by atoms with Gasteiger partial charge in [0.15, 0.2) is 0 Å². The quantitative estimate of drug-likeness (QED) is 0.0861. The lowest BCUT2D eigenvalue weighted by Crippen LogP contribution is -2.53. The van der Waals surface area contributed by atoms with Gasteiger partial charge in [-0.2, -0.15) is 0 Å². The predicted molar refractivity (Wildman–Crippen MR) is 206 cm³/mol. The molecule has 0 saturated carbocycles. The van der Waals surface area contributed by atoms with E-state index in [1.807, 2.05) is 73.1 Å². The molecule has 4 N–H and O–H groups in total. The number of nitrogens with zero attached hydrogens (tertiary/aromatic N) is 3. The lowest BCUT2D eigenvalue weighted by Gasteiger charge is -2.27. The highest BCUT2D eigenvalue weighted by molar-refractivity contribution is 7.09. The van der Waals surface area contributed by atoms with E-state index in [-0.39, 0.29) is 38.1 Å². The number of amides is 4. The SMILES string of the molecule is C.CNCCC(NC(=O)N(C)Cc1csc(C(C)C)n1)C(=O)NC(CCC(Cc1ccccc1)NC(=O)OCc1cncs1)Cc1ccccc1. The van der Waals surface area contributed by atoms with Crippen LogP contribution in [0.15, 0.2) is 77.8 Å². The van der Waals surface area contributed by atoms with Gasteiger partial charge in [0.1, 0.15) is 12.6 Å². The number of hydrogen-bond acceptors (Lipinski definition) is 9. The first-order valence-electron chi connectivity index (χ1n) is 17.0. The molecule has 0 aliphatic carbocycles. The molecule has 11 nitrogen and oxygen atoms in total. The van der Waals surface area contributed by atoms with Crippen molar-refractivity contribution < 1.29 is 19.1 Å². The van der Waals surface area contributed by atoms with Crippen LogP contribution in [0.1, 0.15) is 73.2 Å². The Morgan fingerprint density at radius 2 is 1.49 bits per heavy atom. The Labute approximate surface area is 310 Å². The number of alkyl carbamates (subject to hydrolysis) is 1. The van der Waals surface area contributed by atoms with E-state index >= 15 is 0 Å². The summed E-state index contributed by atoms with van der Waals surface area (Å²) in [5, 5.41) is 15.3. The van der Waals surface area contributed by atoms with E-state index in [1.165, 1.54) is 11.3 Å². The van der Waals surface area contributed by atoms with Gasteiger partial charge in [0, 0.05) is 36.6 Å². The van der Waals surface area contributed by atoms with Crippen molar-refractivity contribution in [3.63, 3.8) is 0 Å². The topological polar surface area (TPSA) is 138 Å². The first kappa shape index (κ1) is 41.1. The van der Waals surface area contributed by atoms with Gasteiger partial charge in [0.05, 0.1) is 27.6 Å². The van der Waals surface area contributed by atoms with Crippen molar-refractivity contribution >= 4 is 40.7 Å². The Balaban J connectivity index is 0.00000702. The number of carbonyl (C=O) groups is 3. The van der Waals surface area contributed by atoms with Gasteiger partial charge < -0.3 is 30.9 Å². The van der Waals surface area contributed by atoms with Crippen LogP contribution in [0.2, 0.25) is 0 Å². The second-order valence-corrected chi connectivity index (χ2v) is 14.5. The molecule has 4 rings (SSSR count). The minimum atomic E-state index is -0.753. The average molecular weight is 736 g/mol. The van der Waals surface area contributed by atoms with Crippen LogP contribution in [-0.4, -0.2) is 71.7 Å². The van der Waals surface area contributed by atoms with Crippen molar-refractivity contribution in [2.45, 2.75) is 90.6 Å². The lowest BCUT2D eigenvalue weighted by molar-refractivity contribution is -0.123. The van der Waals surface area contributed by atoms with E-state index in [4.69, 9.17) is 4.74 Å². The average Bonchev–Trinajstić information content (AvgIpc) is 3.82. The molecular weight excluding hydrogens is 683 g/mol. The maximum atomic E-state index is 13.9. The molecule has 0 radical (unpaired) electrons. The van der Waals surface area contributed by atoms with Crippen molar-refractivity contribution in [3.8, 4) is 0 Å². The highest BCUT2D eigenvalue weighted by Gasteiger charge is 2.26. The summed E-state index contributed by atoms with van der Waals surface area (Å²) in [5.41, 5.74) is 4.68. The van der Waals surface area contributed by atoms with E-state index in [0.29, 0.717) is 51.1 Å². The number of carbonyl (C=O) groups excluding carboxylic acids is 3. The van der Waals surface area contributed by atoms with Crippen LogP contribution in [0.4, 0.5) is 9.59 Å². The summed E-state index contributed by atoms with van der Waals surface area (Å²) < 4.78 is 5.49. The van der Waals surface area contributed by atoms with E-state index in [9.17, 15) is 14.4 Å². The fourth-order valence-electron chi connectivity index (χ4n) is 5.40. The Hall–Kier alpha value is -4.33. The molecule has 0 saturated heterocycles. The third-order valence-electron chi connectivity index (χ3n) is 8.12. The van der Waals surface area contributed by atoms with Crippen LogP contribution >= 0.6 is 22.7 Å². The lowest BCUT2D eigenvalue weighted by atomic mass is 9.95. The second kappa shape index (κ2) is 21.8. The Morgan fingerprint density at radius 1 is 0.863 bits per heavy atom. The van der Waals surface area contributed by atoms with Crippen molar-refractivity contribution in [1.82, 2.24) is 36.1 Å². The standard InChI is InChI=1S/C37H49N7O4S2.CH4/c1-26(2)35-41-31(24-49-35)22-44(4)36(46)43-33(17-18-38-3)34(45)40-29(19-27-11-7-5-8-12-27)15-16-30(20-28-13-9-6-10-14-28)42-37(47)48-23-32-21-39-25-50-32;/h5-14,21,24-26,29-30,33,38H,15-20,22-23H2,1-4H3,(H,40,45)(H,42,47)(H,43,46);1H4. The molecule has 2 aromatic carbocycles. The number of benzene rings is 2. The van der Waals surface area contributed by atoms with E-state index in [1.54, 1.807) is 35.0 Å². The zero-order chi connectivity index (χ0) is 35.7. The summed E-state index contributed by atoms with van der Waals surface area (Å²) in [6.45, 7) is 5.22. The van der Waals surface area contributed by atoms with Gasteiger partial charge >= 0.3 is 12.1 Å². The van der Waals surface area contributed by atoms with Crippen molar-refractivity contribution in [2.75, 3.05) is 20.6 Å². The number of urea groups is 1. The molecule has 276 valence electrons. The summed E-state index contributed by atoms with van der Waals surface area (Å²) in [4.78, 5) is 51.1. The van der Waals surface area contributed by atoms with Gasteiger partial charge in [-0.25, -0.2) is 14.6 Å². The second-order valence-electron chi connectivity index (χ2n) is 12.6. The maximum absolute atomic E-state index is 13.9. The molecule has 13 heteroatoms. The maximum Gasteiger partial charge on any atom is 0.407 e. The Bertz CT molecular complexity index is 1590. The number of ether oxygens (including phenoxy) is 1. The smallest absolute Gasteiger partial charge is 0.407 e. The van der Waals surface area contributed by atoms with Crippen molar-refractivity contribution in [3.05, 3.63) is 104 Å². The summed E-state index contributed by atoms with van der Waals surface area (Å²) >= 11 is 3.02. The molecular formula is C38H53N7O4S2. The van der Waals surface area contributed by atoms with Crippen LogP contribution in [0.25, 0.3) is 0 Å². The van der Waals surface area contributed by atoms with Crippen LogP contribution in [-0.2, 0) is 35.5 Å². The molecule has 4 amide bonds. The fourth-order valence-corrected chi connectivity index (χ4v) is 6.73. The molecule has 3 unspecified atom stereocenters. The monoisotopic (exact) mass is 735 g/mol. The third-order valence-corrected chi connectivity index (χ3v) is 10.1. The van der Waals surface area contributed by atoms with Crippen molar-refractivity contribution in [2.24, 2.45) is 0 Å². The van der Waals surface area contributed by atoms with E-state index in [0.717, 1.165) is 26.7 Å². The van der Waals surface area contributed by atoms with Crippen LogP contribution < -0.4 is 21.3 Å². The summed E-state index contributed by atoms with van der Waals surface area (Å²) in [7, 11) is 3.52. The number of rotatable bonds is 19. The molecule has 2 aromatic heterocycles. The fraction of sp³-hybridized carbons (Fsp3) is 0.447. The zero-order valence-corrected chi connectivity index (χ0v) is 30.9. The van der Waals surface area contributed by atoms with Crippen molar-refractivity contribution in [1.29, 1.82) is 0 Å². The number of aromatic nitrogens is 2. The molecule has 0 bridgehead atoms. The van der Waals surface area contributed by atoms with Gasteiger partial charge in [-0.1, -0.05) is 81.9 Å². The Kier molecular flexibility index (Phi) is 17.6. The first-order chi connectivity index (χ1) is 24.2. The van der Waals surface area contributed by atoms with E-state index in [2.05, 4.69) is 45.1 Å². The highest BCUT2D eigenvalue weighted by Crippen LogP contribution is 2.20. The normalized spacial score (nSPS) is 12.6. The summed E-state index contributed by atoms with van der Waals surface area (Å²) in [6.07, 6.45) is 3.97. The number of thiazole rings is 2. The molecule has 0 fully saturated rings. The molecule has 3 atom stereocenters. The summed E-state index contributed by atoms with van der Waals surface area (Å²) in [6, 6.07) is 18.4. The molecule has 0 aliphatic heterocycles. The molecule has 51 heavy (non-hydrogen) atoms. The minimum absolute atomic E-state index is 0. The van der Waals surface area contributed by atoms with Crippen LogP contribution in [0, 0.1) is 0 Å². The molecule has 0 aliphatic rings. The number of nitrogens with one attached hydrogen (secondary N) is 4. The third kappa shape index (κ3) is 14.4. The molecule has 0 spiro atoms. The summed E-state index contributed by atoms with van der Waals surface area (Å²) in [5.74, 6) is 0.0638. The van der Waals surface area contributed by atoms with Crippen LogP contribution in [0.3, 0.4) is 0 Å². The minimum Gasteiger partial charge on any atom is -0.444 e. The van der Waals surface area contributed by atoms with Gasteiger partial charge in [0.25, 0.3) is 0 Å². The number of hydrogen-bond donors (Lipinski definition) is 4. The van der Waals surface area contributed by atoms with Gasteiger partial charge in [-0.05, 0) is 56.8 Å². The van der Waals surface area contributed by atoms with Gasteiger partial charge in [-0.15, -0.1) is 22.7 Å². The largest absolute Gasteiger partial charge is 0.444 e. The predicted octanol–water partition coefficient (Wildman–Crippen LogP) is 6.52. The van der Waals surface area contributed by atoms with Crippen LogP contribution in [0.5, 0.6) is 0 Å². The van der Waals surface area contributed by atoms with Gasteiger partial charge in [0.2, 0.25) is 5.91 Å². The zero-order valence-electron chi connectivity index (χ0n) is 29.3. The molecule has 4 aromatic rings.